The lowest BCUT2D eigenvalue weighted by Gasteiger charge is -2.29. The largest absolute Gasteiger partial charge is 0.333 e. The van der Waals surface area contributed by atoms with Crippen LogP contribution in [0.2, 0.25) is 0 Å². The van der Waals surface area contributed by atoms with Gasteiger partial charge in [-0.15, -0.1) is 0 Å². The van der Waals surface area contributed by atoms with Crippen LogP contribution in [0.5, 0.6) is 0 Å². The first-order valence-electron chi connectivity index (χ1n) is 4.51. The van der Waals surface area contributed by atoms with Crippen LogP contribution in [0.4, 0.5) is 4.79 Å². The van der Waals surface area contributed by atoms with Crippen molar-refractivity contribution in [2.75, 3.05) is 21.2 Å². The van der Waals surface area contributed by atoms with Gasteiger partial charge in [0.25, 0.3) is 11.8 Å². The predicted molar refractivity (Wildman–Crippen MR) is 53.8 cm³/mol. The van der Waals surface area contributed by atoms with Crippen LogP contribution in [0.15, 0.2) is 11.3 Å². The van der Waals surface area contributed by atoms with E-state index in [0.717, 1.165) is 9.80 Å². The Morgan fingerprint density at radius 3 is 1.94 bits per heavy atom. The number of nitrogens with one attached hydrogen (secondary N) is 1. The lowest BCUT2D eigenvalue weighted by molar-refractivity contribution is -0.134. The lowest BCUT2D eigenvalue weighted by Crippen LogP contribution is -2.53. The van der Waals surface area contributed by atoms with Crippen molar-refractivity contribution in [1.29, 1.82) is 0 Å². The molecule has 0 bridgehead atoms. The molecule has 0 radical (unpaired) electrons. The van der Waals surface area contributed by atoms with Crippen LogP contribution in [0.25, 0.3) is 0 Å². The molecule has 1 aliphatic rings. The molecular formula is C9H13N3O4. The third-order valence-electron chi connectivity index (χ3n) is 2.24. The highest BCUT2D eigenvalue weighted by atomic mass is 16.6. The fourth-order valence-electron chi connectivity index (χ4n) is 1.35. The monoisotopic (exact) mass is 227 g/mol. The molecule has 0 aliphatic carbocycles. The summed E-state index contributed by atoms with van der Waals surface area (Å²) >= 11 is 0. The fraction of sp³-hybridized carbons (Fsp3) is 0.444. The van der Waals surface area contributed by atoms with E-state index in [-0.39, 0.29) is 11.3 Å². The van der Waals surface area contributed by atoms with Gasteiger partial charge in [-0.05, 0) is 6.92 Å². The van der Waals surface area contributed by atoms with Crippen LogP contribution in [0.3, 0.4) is 0 Å². The third kappa shape index (κ3) is 1.76. The summed E-state index contributed by atoms with van der Waals surface area (Å²) in [4.78, 5) is 41.2. The van der Waals surface area contributed by atoms with Crippen LogP contribution in [0.1, 0.15) is 6.92 Å². The van der Waals surface area contributed by atoms with Crippen molar-refractivity contribution in [3.8, 4) is 0 Å². The van der Waals surface area contributed by atoms with Crippen LogP contribution >= 0.6 is 0 Å². The number of urea groups is 1. The molecule has 7 nitrogen and oxygen atoms in total. The molecule has 0 aromatic heterocycles. The van der Waals surface area contributed by atoms with E-state index in [0.29, 0.717) is 0 Å². The molecule has 0 spiro atoms. The summed E-state index contributed by atoms with van der Waals surface area (Å²) in [6.45, 7) is 1.52. The molecule has 1 rings (SSSR count). The summed E-state index contributed by atoms with van der Waals surface area (Å²) in [5.41, 5.74) is 2.57. The molecule has 1 heterocycles. The van der Waals surface area contributed by atoms with Crippen molar-refractivity contribution >= 4 is 17.8 Å². The van der Waals surface area contributed by atoms with E-state index in [2.05, 4.69) is 10.3 Å². The molecule has 1 N–H and O–H groups in total. The number of amides is 4. The van der Waals surface area contributed by atoms with E-state index in [1.807, 2.05) is 0 Å². The quantitative estimate of drug-likeness (QED) is 0.389. The molecule has 0 aromatic rings. The van der Waals surface area contributed by atoms with Crippen molar-refractivity contribution in [2.45, 2.75) is 6.92 Å². The van der Waals surface area contributed by atoms with Gasteiger partial charge < -0.3 is 0 Å². The number of carbonyl (C=O) groups is 3. The summed E-state index contributed by atoms with van der Waals surface area (Å²) in [6, 6.07) is -0.649. The second-order valence-electron chi connectivity index (χ2n) is 3.32. The van der Waals surface area contributed by atoms with Crippen LogP contribution in [-0.4, -0.2) is 48.9 Å². The van der Waals surface area contributed by atoms with Gasteiger partial charge in [0.2, 0.25) is 0 Å². The number of hydroxylamine groups is 1. The lowest BCUT2D eigenvalue weighted by atomic mass is 10.1. The molecule has 1 saturated heterocycles. The molecule has 0 atom stereocenters. The summed E-state index contributed by atoms with van der Waals surface area (Å²) in [6.07, 6.45) is 0. The van der Waals surface area contributed by atoms with Crippen molar-refractivity contribution in [3.05, 3.63) is 11.3 Å². The minimum atomic E-state index is -0.649. The molecule has 16 heavy (non-hydrogen) atoms. The van der Waals surface area contributed by atoms with Crippen molar-refractivity contribution < 1.29 is 19.2 Å². The topological polar surface area (TPSA) is 79.0 Å². The molecule has 1 aliphatic heterocycles. The van der Waals surface area contributed by atoms with Gasteiger partial charge in [0.15, 0.2) is 0 Å². The number of nitrogens with zero attached hydrogens (tertiary/aromatic N) is 2. The molecule has 4 amide bonds. The normalized spacial score (nSPS) is 17.0. The van der Waals surface area contributed by atoms with Gasteiger partial charge in [-0.1, -0.05) is 0 Å². The Balaban J connectivity index is 3.19. The van der Waals surface area contributed by atoms with Crippen molar-refractivity contribution in [2.24, 2.45) is 0 Å². The third-order valence-corrected chi connectivity index (χ3v) is 2.24. The zero-order valence-electron chi connectivity index (χ0n) is 9.53. The number of likely N-dealkylation sites (N-methyl/N-ethyl adjacent to an activating group) is 2. The first-order chi connectivity index (χ1) is 7.41. The second-order valence-corrected chi connectivity index (χ2v) is 3.32. The van der Waals surface area contributed by atoms with Gasteiger partial charge in [0, 0.05) is 14.1 Å². The average Bonchev–Trinajstić information content (AvgIpc) is 2.24. The van der Waals surface area contributed by atoms with E-state index in [1.54, 1.807) is 0 Å². The summed E-state index contributed by atoms with van der Waals surface area (Å²) in [5.74, 6) is -1.29. The minimum absolute atomic E-state index is 0.105. The summed E-state index contributed by atoms with van der Waals surface area (Å²) in [5, 5.41) is 0. The maximum absolute atomic E-state index is 11.7. The summed E-state index contributed by atoms with van der Waals surface area (Å²) in [7, 11) is 3.99. The van der Waals surface area contributed by atoms with Gasteiger partial charge in [-0.2, -0.15) is 0 Å². The van der Waals surface area contributed by atoms with Crippen molar-refractivity contribution in [1.82, 2.24) is 15.3 Å². The molecule has 0 unspecified atom stereocenters. The van der Waals surface area contributed by atoms with Gasteiger partial charge >= 0.3 is 6.03 Å². The van der Waals surface area contributed by atoms with E-state index in [1.165, 1.54) is 28.1 Å². The molecule has 0 saturated carbocycles. The number of rotatable bonds is 2. The first kappa shape index (κ1) is 12.2. The van der Waals surface area contributed by atoms with Crippen LogP contribution < -0.4 is 5.48 Å². The number of hydrogen-bond acceptors (Lipinski definition) is 5. The standard InChI is InChI=1S/C9H13N3O4/c1-5(10-16-4)6-7(13)11(2)9(15)12(3)8(6)14/h10H,1-4H3. The zero-order valence-corrected chi connectivity index (χ0v) is 9.53. The van der Waals surface area contributed by atoms with Crippen LogP contribution in [-0.2, 0) is 14.4 Å². The van der Waals surface area contributed by atoms with Crippen molar-refractivity contribution in [3.63, 3.8) is 0 Å². The Morgan fingerprint density at radius 1 is 1.12 bits per heavy atom. The molecule has 88 valence electrons. The second kappa shape index (κ2) is 4.31. The van der Waals surface area contributed by atoms with E-state index < -0.39 is 17.8 Å². The smallest absolute Gasteiger partial charge is 0.280 e. The molecule has 0 aromatic carbocycles. The number of hydrogen-bond donors (Lipinski definition) is 1. The Kier molecular flexibility index (Phi) is 3.28. The number of imide groups is 2. The minimum Gasteiger partial charge on any atom is -0.280 e. The summed E-state index contributed by atoms with van der Waals surface area (Å²) < 4.78 is 0. The first-order valence-corrected chi connectivity index (χ1v) is 4.51. The van der Waals surface area contributed by atoms with E-state index in [4.69, 9.17) is 0 Å². The van der Waals surface area contributed by atoms with Crippen LogP contribution in [0, 0.1) is 0 Å². The van der Waals surface area contributed by atoms with E-state index in [9.17, 15) is 14.4 Å². The Bertz CT molecular complexity index is 362. The highest BCUT2D eigenvalue weighted by Crippen LogP contribution is 2.16. The van der Waals surface area contributed by atoms with Gasteiger partial charge in [-0.25, -0.2) is 4.79 Å². The number of allylic oxidation sites excluding steroid dienone is 1. The maximum atomic E-state index is 11.7. The van der Waals surface area contributed by atoms with Gasteiger partial charge in [0.1, 0.15) is 5.57 Å². The van der Waals surface area contributed by atoms with E-state index >= 15 is 0 Å². The zero-order chi connectivity index (χ0) is 12.5. The molecular weight excluding hydrogens is 214 g/mol. The van der Waals surface area contributed by atoms with Gasteiger partial charge in [0.05, 0.1) is 12.8 Å². The SMILES string of the molecule is CONC(C)=C1C(=O)N(C)C(=O)N(C)C1=O. The maximum Gasteiger partial charge on any atom is 0.333 e. The average molecular weight is 227 g/mol. The van der Waals surface area contributed by atoms with Gasteiger partial charge in [-0.3, -0.25) is 29.7 Å². The predicted octanol–water partition coefficient (Wildman–Crippen LogP) is -0.538. The Labute approximate surface area is 92.6 Å². The Hall–Kier alpha value is -1.89. The molecule has 1 fully saturated rings. The number of carbonyl (C=O) groups excluding carboxylic acids is 3. The highest BCUT2D eigenvalue weighted by molar-refractivity contribution is 6.28. The Morgan fingerprint density at radius 2 is 1.56 bits per heavy atom. The highest BCUT2D eigenvalue weighted by Gasteiger charge is 2.39. The fourth-order valence-corrected chi connectivity index (χ4v) is 1.35. The number of barbiturate groups is 1. The molecule has 7 heteroatoms.